The van der Waals surface area contributed by atoms with Crippen LogP contribution in [-0.2, 0) is 0 Å². The van der Waals surface area contributed by atoms with Crippen molar-refractivity contribution < 1.29 is 8.81 Å². The first-order chi connectivity index (χ1) is 12.2. The molecule has 0 aliphatic carbocycles. The minimum atomic E-state index is -0.460. The number of fused-ring (bicyclic) bond motifs is 2. The quantitative estimate of drug-likeness (QED) is 0.513. The predicted molar refractivity (Wildman–Crippen MR) is 88.4 cm³/mol. The highest BCUT2D eigenvalue weighted by Crippen LogP contribution is 2.28. The van der Waals surface area contributed by atoms with Crippen LogP contribution in [0, 0.1) is 5.82 Å². The third kappa shape index (κ3) is 1.99. The number of aromatic nitrogens is 6. The summed E-state index contributed by atoms with van der Waals surface area (Å²) in [6.45, 7) is 0. The van der Waals surface area contributed by atoms with Gasteiger partial charge in [-0.05, 0) is 24.3 Å². The first-order valence-corrected chi connectivity index (χ1v) is 7.40. The lowest BCUT2D eigenvalue weighted by atomic mass is 10.2. The summed E-state index contributed by atoms with van der Waals surface area (Å²) < 4.78 is 21.2. The molecule has 25 heavy (non-hydrogen) atoms. The Morgan fingerprint density at radius 1 is 1.20 bits per heavy atom. The Balaban J connectivity index is 1.81. The number of hydrogen-bond donors (Lipinski definition) is 2. The number of nitrogen functional groups attached to an aromatic ring is 1. The van der Waals surface area contributed by atoms with Crippen LogP contribution in [0.3, 0.4) is 0 Å². The number of benzene rings is 1. The van der Waals surface area contributed by atoms with Crippen molar-refractivity contribution in [3.63, 3.8) is 0 Å². The second kappa shape index (κ2) is 4.87. The van der Waals surface area contributed by atoms with Crippen LogP contribution in [0.1, 0.15) is 0 Å². The molecule has 0 amide bonds. The predicted octanol–water partition coefficient (Wildman–Crippen LogP) is 2.67. The number of rotatable bonds is 2. The molecule has 0 saturated heterocycles. The summed E-state index contributed by atoms with van der Waals surface area (Å²) in [5.41, 5.74) is 7.80. The molecule has 122 valence electrons. The molecular weight excluding hydrogens is 325 g/mol. The van der Waals surface area contributed by atoms with Crippen molar-refractivity contribution in [3.05, 3.63) is 48.6 Å². The molecule has 0 aliphatic heterocycles. The molecule has 0 radical (unpaired) electrons. The first kappa shape index (κ1) is 13.7. The summed E-state index contributed by atoms with van der Waals surface area (Å²) in [4.78, 5) is 11.3. The molecule has 0 saturated carbocycles. The lowest BCUT2D eigenvalue weighted by Crippen LogP contribution is -2.04. The number of furan rings is 1. The van der Waals surface area contributed by atoms with Gasteiger partial charge >= 0.3 is 0 Å². The smallest absolute Gasteiger partial charge is 0.222 e. The van der Waals surface area contributed by atoms with Crippen LogP contribution in [0.4, 0.5) is 10.3 Å². The molecule has 0 fully saturated rings. The maximum Gasteiger partial charge on any atom is 0.222 e. The van der Waals surface area contributed by atoms with E-state index in [4.69, 9.17) is 10.2 Å². The fourth-order valence-electron chi connectivity index (χ4n) is 2.80. The van der Waals surface area contributed by atoms with Crippen LogP contribution in [0.2, 0.25) is 0 Å². The number of H-pyrrole nitrogens is 1. The number of aromatic amines is 1. The first-order valence-electron chi connectivity index (χ1n) is 7.40. The molecule has 0 atom stereocenters. The van der Waals surface area contributed by atoms with Crippen molar-refractivity contribution in [1.82, 2.24) is 29.9 Å². The van der Waals surface area contributed by atoms with Crippen LogP contribution in [0.25, 0.3) is 39.2 Å². The van der Waals surface area contributed by atoms with Gasteiger partial charge in [-0.1, -0.05) is 5.21 Å². The largest absolute Gasteiger partial charge is 0.463 e. The number of halogens is 1. The summed E-state index contributed by atoms with van der Waals surface area (Å²) in [6, 6.07) is 8.36. The van der Waals surface area contributed by atoms with E-state index in [0.717, 1.165) is 5.39 Å². The maximum absolute atomic E-state index is 14.6. The highest BCUT2D eigenvalue weighted by molar-refractivity contribution is 5.88. The molecule has 0 spiro atoms. The van der Waals surface area contributed by atoms with E-state index in [1.54, 1.807) is 24.4 Å². The Kier molecular flexibility index (Phi) is 2.66. The number of hydrogen-bond acceptors (Lipinski definition) is 6. The second-order valence-corrected chi connectivity index (χ2v) is 5.45. The van der Waals surface area contributed by atoms with Gasteiger partial charge in [0.15, 0.2) is 22.7 Å². The van der Waals surface area contributed by atoms with E-state index in [9.17, 15) is 4.39 Å². The number of nitrogens with zero attached hydrogens (tertiary/aromatic N) is 5. The van der Waals surface area contributed by atoms with Crippen LogP contribution in [0.15, 0.2) is 47.2 Å². The summed E-state index contributed by atoms with van der Waals surface area (Å²) >= 11 is 0. The zero-order valence-corrected chi connectivity index (χ0v) is 12.6. The van der Waals surface area contributed by atoms with Crippen molar-refractivity contribution in [2.45, 2.75) is 0 Å². The van der Waals surface area contributed by atoms with Crippen LogP contribution in [0.5, 0.6) is 0 Å². The minimum absolute atomic E-state index is 0.0191. The molecular formula is C16H10FN7O. The van der Waals surface area contributed by atoms with Crippen molar-refractivity contribution in [2.75, 3.05) is 5.73 Å². The van der Waals surface area contributed by atoms with Gasteiger partial charge in [-0.25, -0.2) is 9.37 Å². The van der Waals surface area contributed by atoms with Gasteiger partial charge in [0.25, 0.3) is 0 Å². The topological polar surface area (TPSA) is 111 Å². The minimum Gasteiger partial charge on any atom is -0.463 e. The Hall–Kier alpha value is -3.75. The van der Waals surface area contributed by atoms with Crippen molar-refractivity contribution in [1.29, 1.82) is 0 Å². The van der Waals surface area contributed by atoms with E-state index >= 15 is 0 Å². The number of anilines is 1. The third-order valence-electron chi connectivity index (χ3n) is 3.92. The summed E-state index contributed by atoms with van der Waals surface area (Å²) in [7, 11) is 0. The Morgan fingerprint density at radius 3 is 2.96 bits per heavy atom. The normalized spacial score (nSPS) is 11.6. The zero-order valence-electron chi connectivity index (χ0n) is 12.6. The van der Waals surface area contributed by atoms with E-state index in [2.05, 4.69) is 25.3 Å². The second-order valence-electron chi connectivity index (χ2n) is 5.45. The molecule has 5 rings (SSSR count). The maximum atomic E-state index is 14.6. The number of nitrogens with one attached hydrogen (secondary N) is 1. The van der Waals surface area contributed by atoms with E-state index < -0.39 is 5.82 Å². The molecule has 9 heteroatoms. The summed E-state index contributed by atoms with van der Waals surface area (Å²) in [6.07, 6.45) is 3.26. The van der Waals surface area contributed by atoms with E-state index in [-0.39, 0.29) is 11.6 Å². The van der Waals surface area contributed by atoms with Crippen molar-refractivity contribution in [3.8, 4) is 17.1 Å². The molecule has 4 aromatic heterocycles. The Bertz CT molecular complexity index is 1220. The standard InChI is InChI=1S/C16H10FN7O/c17-9-7-10-8(3-4-19-10)6-11(9)24-15-14(22-23-24)13(20-16(18)21-15)12-2-1-5-25-12/h1-7,19H,(H2,18,20,21). The van der Waals surface area contributed by atoms with E-state index in [0.29, 0.717) is 28.1 Å². The molecule has 0 bridgehead atoms. The van der Waals surface area contributed by atoms with Gasteiger partial charge in [-0.3, -0.25) is 0 Å². The van der Waals surface area contributed by atoms with Gasteiger partial charge in [-0.2, -0.15) is 9.67 Å². The number of nitrogens with two attached hydrogens (primary N) is 1. The molecule has 1 aromatic carbocycles. The Labute approximate surface area is 139 Å². The average molecular weight is 335 g/mol. The van der Waals surface area contributed by atoms with E-state index in [1.807, 2.05) is 6.07 Å². The van der Waals surface area contributed by atoms with Crippen LogP contribution < -0.4 is 5.73 Å². The lowest BCUT2D eigenvalue weighted by molar-refractivity contribution is 0.580. The Morgan fingerprint density at radius 2 is 2.12 bits per heavy atom. The van der Waals surface area contributed by atoms with Crippen molar-refractivity contribution in [2.24, 2.45) is 0 Å². The van der Waals surface area contributed by atoms with Gasteiger partial charge in [-0.15, -0.1) is 5.10 Å². The molecule has 5 aromatic rings. The third-order valence-corrected chi connectivity index (χ3v) is 3.92. The fraction of sp³-hybridized carbons (Fsp3) is 0. The SMILES string of the molecule is Nc1nc(-c2ccco2)c2nnn(-c3cc4cc[nH]c4cc3F)c2n1. The van der Waals surface area contributed by atoms with Crippen LogP contribution >= 0.6 is 0 Å². The zero-order chi connectivity index (χ0) is 17.0. The molecule has 0 aliphatic rings. The lowest BCUT2D eigenvalue weighted by Gasteiger charge is -2.05. The monoisotopic (exact) mass is 335 g/mol. The fourth-order valence-corrected chi connectivity index (χ4v) is 2.80. The molecule has 8 nitrogen and oxygen atoms in total. The highest BCUT2D eigenvalue weighted by Gasteiger charge is 2.19. The van der Waals surface area contributed by atoms with Crippen molar-refractivity contribution >= 4 is 28.0 Å². The average Bonchev–Trinajstić information content (AvgIpc) is 3.33. The van der Waals surface area contributed by atoms with Gasteiger partial charge in [0.1, 0.15) is 11.4 Å². The molecule has 0 unspecified atom stereocenters. The van der Waals surface area contributed by atoms with Gasteiger partial charge in [0, 0.05) is 23.2 Å². The highest BCUT2D eigenvalue weighted by atomic mass is 19.1. The van der Waals surface area contributed by atoms with E-state index in [1.165, 1.54) is 17.0 Å². The summed E-state index contributed by atoms with van der Waals surface area (Å²) in [5.74, 6) is 0.0387. The molecule has 3 N–H and O–H groups in total. The van der Waals surface area contributed by atoms with Crippen LogP contribution in [-0.4, -0.2) is 29.9 Å². The molecule has 4 heterocycles. The van der Waals surface area contributed by atoms with Gasteiger partial charge < -0.3 is 15.1 Å². The summed E-state index contributed by atoms with van der Waals surface area (Å²) in [5, 5.41) is 8.99. The van der Waals surface area contributed by atoms with Gasteiger partial charge in [0.2, 0.25) is 5.95 Å². The van der Waals surface area contributed by atoms with Gasteiger partial charge in [0.05, 0.1) is 6.26 Å².